The summed E-state index contributed by atoms with van der Waals surface area (Å²) >= 11 is 5.99. The highest BCUT2D eigenvalue weighted by Gasteiger charge is 2.44. The molecule has 2 aromatic rings. The minimum atomic E-state index is -0.599. The lowest BCUT2D eigenvalue weighted by atomic mass is 9.69. The predicted molar refractivity (Wildman–Crippen MR) is 115 cm³/mol. The molecule has 156 valence electrons. The quantitative estimate of drug-likeness (QED) is 0.669. The van der Waals surface area contributed by atoms with Crippen LogP contribution in [0.1, 0.15) is 45.3 Å². The molecule has 1 aromatic heterocycles. The molecule has 0 fully saturated rings. The van der Waals surface area contributed by atoms with E-state index in [9.17, 15) is 9.59 Å². The molecular weight excluding hydrogens is 402 g/mol. The van der Waals surface area contributed by atoms with Crippen molar-refractivity contribution >= 4 is 23.4 Å². The van der Waals surface area contributed by atoms with Gasteiger partial charge in [-0.15, -0.1) is 0 Å². The second-order valence-electron chi connectivity index (χ2n) is 8.63. The highest BCUT2D eigenvalue weighted by atomic mass is 35.5. The third-order valence-corrected chi connectivity index (χ3v) is 5.94. The van der Waals surface area contributed by atoms with Gasteiger partial charge in [-0.1, -0.05) is 25.4 Å². The van der Waals surface area contributed by atoms with Gasteiger partial charge < -0.3 is 14.5 Å². The average Bonchev–Trinajstić information content (AvgIpc) is 3.15. The minimum absolute atomic E-state index is 0.0251. The lowest BCUT2D eigenvalue weighted by molar-refractivity contribution is -0.136. The molecule has 4 rings (SSSR count). The largest absolute Gasteiger partial charge is 0.466 e. The maximum absolute atomic E-state index is 13.2. The number of Topliss-reactive ketones (excluding diaryl/α,β-unsaturated/α-hetero) is 1. The predicted octanol–water partition coefficient (Wildman–Crippen LogP) is 5.38. The number of ether oxygens (including phenoxy) is 1. The third-order valence-electron chi connectivity index (χ3n) is 5.69. The highest BCUT2D eigenvalue weighted by Crippen LogP contribution is 2.47. The fraction of sp³-hybridized carbons (Fsp3) is 0.333. The Morgan fingerprint density at radius 1 is 1.17 bits per heavy atom. The van der Waals surface area contributed by atoms with Crippen LogP contribution in [0, 0.1) is 5.41 Å². The molecule has 0 spiro atoms. The molecule has 30 heavy (non-hydrogen) atoms. The summed E-state index contributed by atoms with van der Waals surface area (Å²) in [7, 11) is 1.34. The molecule has 0 amide bonds. The third kappa shape index (κ3) is 3.58. The standard InChI is InChI=1S/C24H24ClNO4/c1-13-20(23(28)29-4)22(21-16(26-13)11-24(2,3)12-17(21)27)19-10-9-18(30-19)14-5-7-15(25)8-6-14/h5-10,22,26H,11-12H2,1-4H3/t22-/m0/s1. The van der Waals surface area contributed by atoms with Crippen LogP contribution in [0.25, 0.3) is 11.3 Å². The van der Waals surface area contributed by atoms with Crippen molar-refractivity contribution in [3.63, 3.8) is 0 Å². The number of rotatable bonds is 3. The number of hydrogen-bond donors (Lipinski definition) is 1. The minimum Gasteiger partial charge on any atom is -0.466 e. The number of carbonyl (C=O) groups excluding carboxylic acids is 2. The van der Waals surface area contributed by atoms with Crippen LogP contribution in [0.15, 0.2) is 63.4 Å². The zero-order valence-corrected chi connectivity index (χ0v) is 18.2. The summed E-state index contributed by atoms with van der Waals surface area (Å²) < 4.78 is 11.2. The lowest BCUT2D eigenvalue weighted by Gasteiger charge is -2.38. The number of carbonyl (C=O) groups is 2. The molecule has 5 nitrogen and oxygen atoms in total. The molecular formula is C24H24ClNO4. The van der Waals surface area contributed by atoms with Crippen molar-refractivity contribution in [1.29, 1.82) is 0 Å². The molecule has 0 bridgehead atoms. The van der Waals surface area contributed by atoms with E-state index in [0.717, 1.165) is 17.7 Å². The van der Waals surface area contributed by atoms with Crippen molar-refractivity contribution in [2.45, 2.75) is 39.5 Å². The van der Waals surface area contributed by atoms with E-state index in [4.69, 9.17) is 20.8 Å². The lowest BCUT2D eigenvalue weighted by Crippen LogP contribution is -2.38. The van der Waals surface area contributed by atoms with E-state index in [1.54, 1.807) is 12.1 Å². The SMILES string of the molecule is COC(=O)C1=C(C)NC2=C(C(=O)CC(C)(C)C2)[C@H]1c1ccc(-c2ccc(Cl)cc2)o1. The molecule has 1 aliphatic heterocycles. The first-order chi connectivity index (χ1) is 14.2. The zero-order valence-electron chi connectivity index (χ0n) is 17.5. The summed E-state index contributed by atoms with van der Waals surface area (Å²) in [5.74, 6) is 0.142. The van der Waals surface area contributed by atoms with Crippen molar-refractivity contribution in [2.75, 3.05) is 7.11 Å². The van der Waals surface area contributed by atoms with Crippen LogP contribution in [-0.4, -0.2) is 18.9 Å². The van der Waals surface area contributed by atoms with Crippen molar-refractivity contribution in [3.05, 3.63) is 69.7 Å². The molecule has 1 atom stereocenters. The highest BCUT2D eigenvalue weighted by molar-refractivity contribution is 6.30. The van der Waals surface area contributed by atoms with Crippen LogP contribution in [0.5, 0.6) is 0 Å². The average molecular weight is 426 g/mol. The summed E-state index contributed by atoms with van der Waals surface area (Å²) in [6, 6.07) is 11.0. The Morgan fingerprint density at radius 3 is 2.53 bits per heavy atom. The number of hydrogen-bond acceptors (Lipinski definition) is 5. The first kappa shape index (κ1) is 20.5. The fourth-order valence-electron chi connectivity index (χ4n) is 4.38. The van der Waals surface area contributed by atoms with Gasteiger partial charge in [-0.3, -0.25) is 4.79 Å². The summed E-state index contributed by atoms with van der Waals surface area (Å²) in [6.45, 7) is 5.98. The summed E-state index contributed by atoms with van der Waals surface area (Å²) in [5.41, 5.74) is 3.26. The van der Waals surface area contributed by atoms with E-state index in [2.05, 4.69) is 19.2 Å². The van der Waals surface area contributed by atoms with Gasteiger partial charge in [0.25, 0.3) is 0 Å². The van der Waals surface area contributed by atoms with Crippen LogP contribution >= 0.6 is 11.6 Å². The van der Waals surface area contributed by atoms with Crippen molar-refractivity contribution in [2.24, 2.45) is 5.41 Å². The number of dihydropyridines is 1. The molecule has 0 saturated heterocycles. The topological polar surface area (TPSA) is 68.5 Å². The van der Waals surface area contributed by atoms with Gasteiger partial charge in [-0.05, 0) is 55.2 Å². The Morgan fingerprint density at radius 2 is 1.87 bits per heavy atom. The van der Waals surface area contributed by atoms with Crippen LogP contribution < -0.4 is 5.32 Å². The number of nitrogens with one attached hydrogen (secondary N) is 1. The molecule has 1 aromatic carbocycles. The van der Waals surface area contributed by atoms with Crippen molar-refractivity contribution in [1.82, 2.24) is 5.32 Å². The van der Waals surface area contributed by atoms with Crippen LogP contribution in [0.4, 0.5) is 0 Å². The van der Waals surface area contributed by atoms with E-state index in [0.29, 0.717) is 39.8 Å². The van der Waals surface area contributed by atoms with Gasteiger partial charge in [-0.25, -0.2) is 4.79 Å². The summed E-state index contributed by atoms with van der Waals surface area (Å²) in [5, 5.41) is 3.93. The Bertz CT molecular complexity index is 1090. The molecule has 2 heterocycles. The van der Waals surface area contributed by atoms with Gasteiger partial charge in [0, 0.05) is 34.0 Å². The monoisotopic (exact) mass is 425 g/mol. The molecule has 2 aliphatic rings. The number of benzene rings is 1. The fourth-order valence-corrected chi connectivity index (χ4v) is 4.50. The number of halogens is 1. The summed E-state index contributed by atoms with van der Waals surface area (Å²) in [4.78, 5) is 25.8. The van der Waals surface area contributed by atoms with Gasteiger partial charge in [0.15, 0.2) is 5.78 Å². The number of furan rings is 1. The van der Waals surface area contributed by atoms with E-state index in [1.165, 1.54) is 7.11 Å². The maximum atomic E-state index is 13.2. The smallest absolute Gasteiger partial charge is 0.336 e. The van der Waals surface area contributed by atoms with E-state index in [-0.39, 0.29) is 11.2 Å². The first-order valence-electron chi connectivity index (χ1n) is 9.88. The number of ketones is 1. The Balaban J connectivity index is 1.84. The zero-order chi connectivity index (χ0) is 21.6. The number of methoxy groups -OCH3 is 1. The van der Waals surface area contributed by atoms with Gasteiger partial charge in [-0.2, -0.15) is 0 Å². The van der Waals surface area contributed by atoms with Crippen LogP contribution in [0.2, 0.25) is 5.02 Å². The molecule has 0 unspecified atom stereocenters. The van der Waals surface area contributed by atoms with Gasteiger partial charge in [0.1, 0.15) is 11.5 Å². The van der Waals surface area contributed by atoms with E-state index in [1.807, 2.05) is 31.2 Å². The second-order valence-corrected chi connectivity index (χ2v) is 9.07. The van der Waals surface area contributed by atoms with Crippen molar-refractivity contribution < 1.29 is 18.7 Å². The first-order valence-corrected chi connectivity index (χ1v) is 10.3. The number of esters is 1. The van der Waals surface area contributed by atoms with Crippen LogP contribution in [0.3, 0.4) is 0 Å². The number of allylic oxidation sites excluding steroid dienone is 3. The van der Waals surface area contributed by atoms with Gasteiger partial charge in [0.05, 0.1) is 18.6 Å². The Labute approximate surface area is 180 Å². The molecule has 1 N–H and O–H groups in total. The second kappa shape index (κ2) is 7.47. The normalized spacial score (nSPS) is 20.7. The molecule has 6 heteroatoms. The van der Waals surface area contributed by atoms with Gasteiger partial charge in [0.2, 0.25) is 0 Å². The Kier molecular flexibility index (Phi) is 5.10. The molecule has 0 radical (unpaired) electrons. The van der Waals surface area contributed by atoms with Crippen LogP contribution in [-0.2, 0) is 14.3 Å². The van der Waals surface area contributed by atoms with E-state index >= 15 is 0 Å². The molecule has 1 aliphatic carbocycles. The van der Waals surface area contributed by atoms with E-state index < -0.39 is 11.9 Å². The van der Waals surface area contributed by atoms with Gasteiger partial charge >= 0.3 is 5.97 Å². The Hall–Kier alpha value is -2.79. The summed E-state index contributed by atoms with van der Waals surface area (Å²) in [6.07, 6.45) is 1.14. The maximum Gasteiger partial charge on any atom is 0.336 e. The molecule has 0 saturated carbocycles. The van der Waals surface area contributed by atoms with Crippen molar-refractivity contribution in [3.8, 4) is 11.3 Å².